The standard InChI is InChI=1S/C11H19N3O2/c1-3-4-10(12)11(15)13-7-9-8-14(2)5-6-16-9/h1,9-10H,4-8,12H2,2H3,(H,13,15). The number of nitrogens with one attached hydrogen (secondary N) is 1. The van der Waals surface area contributed by atoms with Crippen LogP contribution in [0.1, 0.15) is 6.42 Å². The van der Waals surface area contributed by atoms with Crippen LogP contribution in [0.25, 0.3) is 0 Å². The summed E-state index contributed by atoms with van der Waals surface area (Å²) in [7, 11) is 2.03. The molecule has 1 aliphatic heterocycles. The van der Waals surface area contributed by atoms with Gasteiger partial charge in [-0.3, -0.25) is 4.79 Å². The molecule has 0 aromatic rings. The number of rotatable bonds is 4. The maximum absolute atomic E-state index is 11.5. The number of carbonyl (C=O) groups is 1. The molecule has 0 aromatic heterocycles. The fraction of sp³-hybridized carbons (Fsp3) is 0.727. The first kappa shape index (κ1) is 13.0. The van der Waals surface area contributed by atoms with Gasteiger partial charge in [-0.15, -0.1) is 12.3 Å². The molecule has 1 heterocycles. The van der Waals surface area contributed by atoms with Crippen LogP contribution in [0.15, 0.2) is 0 Å². The van der Waals surface area contributed by atoms with E-state index in [2.05, 4.69) is 16.1 Å². The van der Waals surface area contributed by atoms with E-state index in [1.807, 2.05) is 7.05 Å². The van der Waals surface area contributed by atoms with Crippen LogP contribution >= 0.6 is 0 Å². The van der Waals surface area contributed by atoms with Crippen molar-refractivity contribution in [1.82, 2.24) is 10.2 Å². The molecule has 1 saturated heterocycles. The zero-order chi connectivity index (χ0) is 12.0. The van der Waals surface area contributed by atoms with Crippen molar-refractivity contribution in [2.45, 2.75) is 18.6 Å². The third-order valence-corrected chi connectivity index (χ3v) is 2.52. The predicted molar refractivity (Wildman–Crippen MR) is 61.7 cm³/mol. The van der Waals surface area contributed by atoms with E-state index < -0.39 is 6.04 Å². The minimum Gasteiger partial charge on any atom is -0.374 e. The van der Waals surface area contributed by atoms with Crippen molar-refractivity contribution < 1.29 is 9.53 Å². The molecular formula is C11H19N3O2. The molecule has 16 heavy (non-hydrogen) atoms. The Morgan fingerprint density at radius 3 is 3.19 bits per heavy atom. The van der Waals surface area contributed by atoms with Crippen molar-refractivity contribution >= 4 is 5.91 Å². The minimum atomic E-state index is -0.619. The van der Waals surface area contributed by atoms with Crippen LogP contribution < -0.4 is 11.1 Å². The molecule has 1 amide bonds. The van der Waals surface area contributed by atoms with E-state index in [0.29, 0.717) is 13.2 Å². The molecule has 5 nitrogen and oxygen atoms in total. The fourth-order valence-corrected chi connectivity index (χ4v) is 1.56. The molecule has 5 heteroatoms. The van der Waals surface area contributed by atoms with E-state index in [-0.39, 0.29) is 18.4 Å². The number of nitrogens with two attached hydrogens (primary N) is 1. The lowest BCUT2D eigenvalue weighted by molar-refractivity contribution is -0.123. The number of likely N-dealkylation sites (N-methyl/N-ethyl adjacent to an activating group) is 1. The molecule has 2 atom stereocenters. The molecule has 0 spiro atoms. The van der Waals surface area contributed by atoms with Gasteiger partial charge in [-0.2, -0.15) is 0 Å². The van der Waals surface area contributed by atoms with Crippen LogP contribution in [0.4, 0.5) is 0 Å². The van der Waals surface area contributed by atoms with Crippen molar-refractivity contribution in [2.75, 3.05) is 33.3 Å². The normalized spacial score (nSPS) is 23.4. The Morgan fingerprint density at radius 1 is 1.81 bits per heavy atom. The van der Waals surface area contributed by atoms with E-state index in [0.717, 1.165) is 13.1 Å². The highest BCUT2D eigenvalue weighted by atomic mass is 16.5. The third-order valence-electron chi connectivity index (χ3n) is 2.52. The summed E-state index contributed by atoms with van der Waals surface area (Å²) in [4.78, 5) is 13.6. The van der Waals surface area contributed by atoms with Crippen molar-refractivity contribution in [1.29, 1.82) is 0 Å². The molecule has 3 N–H and O–H groups in total. The Kier molecular flexibility index (Phi) is 5.26. The topological polar surface area (TPSA) is 67.6 Å². The zero-order valence-corrected chi connectivity index (χ0v) is 9.61. The van der Waals surface area contributed by atoms with Gasteiger partial charge in [0, 0.05) is 26.1 Å². The van der Waals surface area contributed by atoms with Gasteiger partial charge in [-0.05, 0) is 7.05 Å². The van der Waals surface area contributed by atoms with Gasteiger partial charge in [0.05, 0.1) is 18.8 Å². The summed E-state index contributed by atoms with van der Waals surface area (Å²) in [5.41, 5.74) is 5.56. The van der Waals surface area contributed by atoms with Crippen molar-refractivity contribution in [3.05, 3.63) is 0 Å². The molecule has 0 radical (unpaired) electrons. The first-order chi connectivity index (χ1) is 7.63. The lowest BCUT2D eigenvalue weighted by Crippen LogP contribution is -2.49. The quantitative estimate of drug-likeness (QED) is 0.589. The van der Waals surface area contributed by atoms with Gasteiger partial charge in [0.2, 0.25) is 5.91 Å². The number of ether oxygens (including phenoxy) is 1. The lowest BCUT2D eigenvalue weighted by atomic mass is 10.2. The van der Waals surface area contributed by atoms with Gasteiger partial charge in [-0.1, -0.05) is 0 Å². The number of hydrogen-bond acceptors (Lipinski definition) is 4. The van der Waals surface area contributed by atoms with Crippen molar-refractivity contribution in [3.8, 4) is 12.3 Å². The monoisotopic (exact) mass is 225 g/mol. The van der Waals surface area contributed by atoms with E-state index in [4.69, 9.17) is 16.9 Å². The van der Waals surface area contributed by atoms with Crippen LogP contribution in [0, 0.1) is 12.3 Å². The Bertz CT molecular complexity index is 275. The first-order valence-electron chi connectivity index (χ1n) is 5.40. The second-order valence-electron chi connectivity index (χ2n) is 4.01. The van der Waals surface area contributed by atoms with Gasteiger partial charge >= 0.3 is 0 Å². The molecule has 1 aliphatic rings. The highest BCUT2D eigenvalue weighted by Crippen LogP contribution is 2.01. The van der Waals surface area contributed by atoms with Gasteiger partial charge in [0.1, 0.15) is 0 Å². The van der Waals surface area contributed by atoms with E-state index >= 15 is 0 Å². The molecule has 2 unspecified atom stereocenters. The Labute approximate surface area is 96.3 Å². The minimum absolute atomic E-state index is 0.0423. The average molecular weight is 225 g/mol. The van der Waals surface area contributed by atoms with Gasteiger partial charge in [-0.25, -0.2) is 0 Å². The Hall–Kier alpha value is -1.09. The maximum atomic E-state index is 11.5. The molecule has 0 aliphatic carbocycles. The third kappa shape index (κ3) is 4.19. The highest BCUT2D eigenvalue weighted by Gasteiger charge is 2.19. The second-order valence-corrected chi connectivity index (χ2v) is 4.01. The van der Waals surface area contributed by atoms with Crippen LogP contribution in [0.2, 0.25) is 0 Å². The van der Waals surface area contributed by atoms with Gasteiger partial charge < -0.3 is 20.7 Å². The molecule has 0 saturated carbocycles. The van der Waals surface area contributed by atoms with E-state index in [1.165, 1.54) is 0 Å². The van der Waals surface area contributed by atoms with Gasteiger partial charge in [0.25, 0.3) is 0 Å². The number of carbonyl (C=O) groups excluding carboxylic acids is 1. The molecule has 0 bridgehead atoms. The predicted octanol–water partition coefficient (Wildman–Crippen LogP) is -1.22. The summed E-state index contributed by atoms with van der Waals surface area (Å²) >= 11 is 0. The number of hydrogen-bond donors (Lipinski definition) is 2. The highest BCUT2D eigenvalue weighted by molar-refractivity contribution is 5.81. The summed E-state index contributed by atoms with van der Waals surface area (Å²) in [6.07, 6.45) is 5.39. The summed E-state index contributed by atoms with van der Waals surface area (Å²) in [5.74, 6) is 2.15. The smallest absolute Gasteiger partial charge is 0.237 e. The Morgan fingerprint density at radius 2 is 2.56 bits per heavy atom. The van der Waals surface area contributed by atoms with Crippen molar-refractivity contribution in [2.24, 2.45) is 5.73 Å². The van der Waals surface area contributed by atoms with E-state index in [9.17, 15) is 4.79 Å². The average Bonchev–Trinajstić information content (AvgIpc) is 2.26. The SMILES string of the molecule is C#CCC(N)C(=O)NCC1CN(C)CCO1. The summed E-state index contributed by atoms with van der Waals surface area (Å²) < 4.78 is 5.50. The van der Waals surface area contributed by atoms with E-state index in [1.54, 1.807) is 0 Å². The molecule has 90 valence electrons. The van der Waals surface area contributed by atoms with Crippen molar-refractivity contribution in [3.63, 3.8) is 0 Å². The number of morpholine rings is 1. The number of nitrogens with zero attached hydrogens (tertiary/aromatic N) is 1. The van der Waals surface area contributed by atoms with Crippen LogP contribution in [-0.2, 0) is 9.53 Å². The number of amides is 1. The van der Waals surface area contributed by atoms with Crippen LogP contribution in [-0.4, -0.2) is 56.2 Å². The van der Waals surface area contributed by atoms with Gasteiger partial charge in [0.15, 0.2) is 0 Å². The largest absolute Gasteiger partial charge is 0.374 e. The van der Waals surface area contributed by atoms with Crippen LogP contribution in [0.3, 0.4) is 0 Å². The first-order valence-corrected chi connectivity index (χ1v) is 5.40. The zero-order valence-electron chi connectivity index (χ0n) is 9.61. The molecule has 0 aromatic carbocycles. The Balaban J connectivity index is 2.23. The summed E-state index contributed by atoms with van der Waals surface area (Å²) in [5, 5.41) is 2.75. The number of terminal acetylenes is 1. The lowest BCUT2D eigenvalue weighted by Gasteiger charge is -2.30. The summed E-state index contributed by atoms with van der Waals surface area (Å²) in [6.45, 7) is 2.95. The van der Waals surface area contributed by atoms with Crippen LogP contribution in [0.5, 0.6) is 0 Å². The summed E-state index contributed by atoms with van der Waals surface area (Å²) in [6, 6.07) is -0.619. The second kappa shape index (κ2) is 6.48. The molecule has 1 rings (SSSR count). The molecular weight excluding hydrogens is 206 g/mol. The molecule has 1 fully saturated rings. The maximum Gasteiger partial charge on any atom is 0.237 e. The fourth-order valence-electron chi connectivity index (χ4n) is 1.56.